The van der Waals surface area contributed by atoms with Gasteiger partial charge in [0.2, 0.25) is 0 Å². The zero-order valence-corrected chi connectivity index (χ0v) is 13.9. The highest BCUT2D eigenvalue weighted by Crippen LogP contribution is 2.52. The Bertz CT molecular complexity index is 618. The summed E-state index contributed by atoms with van der Waals surface area (Å²) >= 11 is 0. The van der Waals surface area contributed by atoms with E-state index in [1.165, 1.54) is 24.8 Å². The van der Waals surface area contributed by atoms with E-state index in [9.17, 15) is 5.11 Å². The van der Waals surface area contributed by atoms with Gasteiger partial charge in [-0.15, -0.1) is 0 Å². The fourth-order valence-corrected chi connectivity index (χ4v) is 3.95. The first kappa shape index (κ1) is 15.4. The fourth-order valence-electron chi connectivity index (χ4n) is 3.95. The number of nitrogens with two attached hydrogens (primary N) is 1. The van der Waals surface area contributed by atoms with Crippen molar-refractivity contribution in [3.8, 4) is 5.75 Å². The number of nitrogen functional groups attached to an aromatic ring is 1. The first-order chi connectivity index (χ1) is 10.4. The molecule has 120 valence electrons. The van der Waals surface area contributed by atoms with E-state index in [2.05, 4.69) is 19.9 Å². The lowest BCUT2D eigenvalue weighted by atomic mass is 9.66. The van der Waals surface area contributed by atoms with Gasteiger partial charge in [0.05, 0.1) is 0 Å². The van der Waals surface area contributed by atoms with Crippen molar-refractivity contribution in [2.24, 2.45) is 0 Å². The SMILES string of the molecule is CCCCCC1(C)CC=C2c3c(ccc(N)c31)OCC2(C)O. The van der Waals surface area contributed by atoms with Gasteiger partial charge in [0, 0.05) is 11.3 Å². The van der Waals surface area contributed by atoms with Crippen LogP contribution >= 0.6 is 0 Å². The third-order valence-electron chi connectivity index (χ3n) is 5.25. The smallest absolute Gasteiger partial charge is 0.127 e. The maximum absolute atomic E-state index is 10.7. The predicted octanol–water partition coefficient (Wildman–Crippen LogP) is 4.04. The summed E-state index contributed by atoms with van der Waals surface area (Å²) in [5.41, 5.74) is 9.49. The van der Waals surface area contributed by atoms with Crippen molar-refractivity contribution in [1.82, 2.24) is 0 Å². The topological polar surface area (TPSA) is 55.5 Å². The molecule has 0 saturated heterocycles. The van der Waals surface area contributed by atoms with Gasteiger partial charge >= 0.3 is 0 Å². The Morgan fingerprint density at radius 3 is 2.77 bits per heavy atom. The summed E-state index contributed by atoms with van der Waals surface area (Å²) in [6, 6.07) is 3.89. The number of aliphatic hydroxyl groups is 1. The molecule has 0 radical (unpaired) electrons. The summed E-state index contributed by atoms with van der Waals surface area (Å²) in [6.45, 7) is 6.66. The second kappa shape index (κ2) is 5.31. The molecular formula is C19H27NO2. The van der Waals surface area contributed by atoms with Crippen LogP contribution in [-0.4, -0.2) is 17.3 Å². The molecule has 1 aliphatic carbocycles. The van der Waals surface area contributed by atoms with Gasteiger partial charge in [-0.3, -0.25) is 0 Å². The molecule has 0 bridgehead atoms. The summed E-state index contributed by atoms with van der Waals surface area (Å²) in [5, 5.41) is 10.7. The van der Waals surface area contributed by atoms with Crippen molar-refractivity contribution in [2.45, 2.75) is 63.9 Å². The van der Waals surface area contributed by atoms with Crippen LogP contribution in [0.5, 0.6) is 5.75 Å². The van der Waals surface area contributed by atoms with Gasteiger partial charge in [0.1, 0.15) is 18.0 Å². The number of rotatable bonds is 4. The third kappa shape index (κ3) is 2.32. The Kier molecular flexibility index (Phi) is 3.72. The van der Waals surface area contributed by atoms with Crippen molar-refractivity contribution in [3.05, 3.63) is 29.3 Å². The standard InChI is InChI=1S/C19H27NO2/c1-4-5-6-10-18(2)11-9-13-16-15(22-12-19(13,3)21)8-7-14(20)17(16)18/h7-9,21H,4-6,10-12,20H2,1-3H3. The normalized spacial score (nSPS) is 29.5. The minimum atomic E-state index is -0.930. The van der Waals surface area contributed by atoms with Crippen LogP contribution in [0, 0.1) is 0 Å². The molecule has 2 unspecified atom stereocenters. The number of unbranched alkanes of at least 4 members (excludes halogenated alkanes) is 2. The molecule has 2 atom stereocenters. The molecule has 0 aromatic heterocycles. The summed E-state index contributed by atoms with van der Waals surface area (Å²) in [4.78, 5) is 0. The number of hydrogen-bond acceptors (Lipinski definition) is 3. The number of allylic oxidation sites excluding steroid dienone is 1. The third-order valence-corrected chi connectivity index (χ3v) is 5.25. The Hall–Kier alpha value is -1.48. The van der Waals surface area contributed by atoms with Crippen molar-refractivity contribution < 1.29 is 9.84 Å². The molecule has 0 spiro atoms. The Morgan fingerprint density at radius 2 is 2.05 bits per heavy atom. The Balaban J connectivity index is 2.10. The molecule has 3 nitrogen and oxygen atoms in total. The lowest BCUT2D eigenvalue weighted by Crippen LogP contribution is -2.41. The lowest BCUT2D eigenvalue weighted by molar-refractivity contribution is 0.0540. The average Bonchev–Trinajstić information content (AvgIpc) is 2.46. The van der Waals surface area contributed by atoms with Gasteiger partial charge in [0.15, 0.2) is 0 Å². The van der Waals surface area contributed by atoms with E-state index >= 15 is 0 Å². The Morgan fingerprint density at radius 1 is 1.27 bits per heavy atom. The van der Waals surface area contributed by atoms with Crippen molar-refractivity contribution in [2.75, 3.05) is 12.3 Å². The summed E-state index contributed by atoms with van der Waals surface area (Å²) in [7, 11) is 0. The number of hydrogen-bond donors (Lipinski definition) is 2. The maximum Gasteiger partial charge on any atom is 0.127 e. The van der Waals surface area contributed by atoms with E-state index in [0.29, 0.717) is 6.61 Å². The molecule has 22 heavy (non-hydrogen) atoms. The van der Waals surface area contributed by atoms with Crippen LogP contribution in [0.15, 0.2) is 18.2 Å². The van der Waals surface area contributed by atoms with Crippen LogP contribution in [0.1, 0.15) is 64.0 Å². The molecule has 1 aromatic rings. The van der Waals surface area contributed by atoms with Crippen LogP contribution in [0.4, 0.5) is 5.69 Å². The quantitative estimate of drug-likeness (QED) is 0.652. The second-order valence-electron chi connectivity index (χ2n) is 7.31. The van der Waals surface area contributed by atoms with Crippen LogP contribution in [0.2, 0.25) is 0 Å². The fraction of sp³-hybridized carbons (Fsp3) is 0.579. The van der Waals surface area contributed by atoms with E-state index in [1.54, 1.807) is 0 Å². The highest BCUT2D eigenvalue weighted by molar-refractivity contribution is 5.85. The van der Waals surface area contributed by atoms with Gasteiger partial charge in [-0.05, 0) is 48.4 Å². The van der Waals surface area contributed by atoms with Gasteiger partial charge < -0.3 is 15.6 Å². The molecule has 1 aromatic carbocycles. The lowest BCUT2D eigenvalue weighted by Gasteiger charge is -2.43. The first-order valence-electron chi connectivity index (χ1n) is 8.38. The molecule has 0 fully saturated rings. The average molecular weight is 301 g/mol. The van der Waals surface area contributed by atoms with Crippen LogP contribution in [0.3, 0.4) is 0 Å². The highest BCUT2D eigenvalue weighted by Gasteiger charge is 2.43. The molecule has 0 saturated carbocycles. The zero-order valence-electron chi connectivity index (χ0n) is 13.9. The highest BCUT2D eigenvalue weighted by atomic mass is 16.5. The van der Waals surface area contributed by atoms with Crippen LogP contribution in [0.25, 0.3) is 5.57 Å². The van der Waals surface area contributed by atoms with Gasteiger partial charge in [0.25, 0.3) is 0 Å². The zero-order chi connectivity index (χ0) is 16.0. The van der Waals surface area contributed by atoms with Crippen LogP contribution < -0.4 is 10.5 Å². The van der Waals surface area contributed by atoms with Crippen molar-refractivity contribution in [1.29, 1.82) is 0 Å². The van der Waals surface area contributed by atoms with Gasteiger partial charge in [-0.25, -0.2) is 0 Å². The molecule has 3 N–H and O–H groups in total. The molecule has 1 heterocycles. The monoisotopic (exact) mass is 301 g/mol. The molecule has 2 aliphatic rings. The van der Waals surface area contributed by atoms with E-state index in [1.807, 2.05) is 19.1 Å². The van der Waals surface area contributed by atoms with E-state index in [0.717, 1.165) is 35.4 Å². The minimum absolute atomic E-state index is 0.0326. The summed E-state index contributed by atoms with van der Waals surface area (Å²) in [5.74, 6) is 0.864. The Labute approximate surface area is 133 Å². The van der Waals surface area contributed by atoms with Crippen molar-refractivity contribution in [3.63, 3.8) is 0 Å². The van der Waals surface area contributed by atoms with E-state index < -0.39 is 5.60 Å². The maximum atomic E-state index is 10.7. The predicted molar refractivity (Wildman–Crippen MR) is 91.1 cm³/mol. The summed E-state index contributed by atoms with van der Waals surface area (Å²) in [6.07, 6.45) is 7.93. The van der Waals surface area contributed by atoms with Gasteiger partial charge in [-0.2, -0.15) is 0 Å². The van der Waals surface area contributed by atoms with E-state index in [4.69, 9.17) is 10.5 Å². The minimum Gasteiger partial charge on any atom is -0.490 e. The second-order valence-corrected chi connectivity index (χ2v) is 7.31. The van der Waals surface area contributed by atoms with Crippen LogP contribution in [-0.2, 0) is 5.41 Å². The molecule has 1 aliphatic heterocycles. The molecule has 0 amide bonds. The van der Waals surface area contributed by atoms with Crippen molar-refractivity contribution >= 4 is 11.3 Å². The molecular weight excluding hydrogens is 274 g/mol. The van der Waals surface area contributed by atoms with E-state index in [-0.39, 0.29) is 5.41 Å². The summed E-state index contributed by atoms with van der Waals surface area (Å²) < 4.78 is 5.81. The number of ether oxygens (including phenoxy) is 1. The number of anilines is 1. The largest absolute Gasteiger partial charge is 0.490 e. The first-order valence-corrected chi connectivity index (χ1v) is 8.38. The number of benzene rings is 1. The molecule has 3 rings (SSSR count). The molecule has 3 heteroatoms. The van der Waals surface area contributed by atoms with Gasteiger partial charge in [-0.1, -0.05) is 39.2 Å².